The van der Waals surface area contributed by atoms with Gasteiger partial charge in [0.25, 0.3) is 0 Å². The SMILES string of the molecule is Cc1cc(C)c(C(O)=S)c(C)c1. The molecule has 64 valence electrons. The first-order valence-electron chi connectivity index (χ1n) is 3.83. The van der Waals surface area contributed by atoms with Crippen molar-refractivity contribution < 1.29 is 5.11 Å². The second-order valence-corrected chi connectivity index (χ2v) is 3.47. The van der Waals surface area contributed by atoms with Crippen LogP contribution in [0.2, 0.25) is 0 Å². The number of aryl methyl sites for hydroxylation is 3. The molecule has 0 saturated carbocycles. The van der Waals surface area contributed by atoms with Crippen LogP contribution in [0.25, 0.3) is 0 Å². The number of hydrogen-bond acceptors (Lipinski definition) is 1. The second kappa shape index (κ2) is 3.23. The van der Waals surface area contributed by atoms with Gasteiger partial charge in [-0.2, -0.15) is 0 Å². The van der Waals surface area contributed by atoms with Crippen LogP contribution in [-0.2, 0) is 0 Å². The Morgan fingerprint density at radius 1 is 1.17 bits per heavy atom. The maximum atomic E-state index is 9.21. The second-order valence-electron chi connectivity index (χ2n) is 3.08. The van der Waals surface area contributed by atoms with Crippen LogP contribution in [0.4, 0.5) is 0 Å². The van der Waals surface area contributed by atoms with Crippen LogP contribution in [0.3, 0.4) is 0 Å². The van der Waals surface area contributed by atoms with Crippen LogP contribution in [0.5, 0.6) is 0 Å². The maximum absolute atomic E-state index is 9.21. The lowest BCUT2D eigenvalue weighted by Crippen LogP contribution is -2.01. The largest absolute Gasteiger partial charge is 0.499 e. The average molecular weight is 180 g/mol. The van der Waals surface area contributed by atoms with E-state index in [9.17, 15) is 5.11 Å². The van der Waals surface area contributed by atoms with Gasteiger partial charge in [0, 0.05) is 5.56 Å². The summed E-state index contributed by atoms with van der Waals surface area (Å²) in [5, 5.41) is 9.20. The zero-order valence-electron chi connectivity index (χ0n) is 7.51. The van der Waals surface area contributed by atoms with E-state index < -0.39 is 0 Å². The van der Waals surface area contributed by atoms with Crippen LogP contribution < -0.4 is 0 Å². The molecule has 1 N–H and O–H groups in total. The van der Waals surface area contributed by atoms with Crippen LogP contribution in [-0.4, -0.2) is 10.2 Å². The van der Waals surface area contributed by atoms with Crippen LogP contribution in [0, 0.1) is 20.8 Å². The molecule has 1 aromatic carbocycles. The molecule has 12 heavy (non-hydrogen) atoms. The number of rotatable bonds is 1. The first-order valence-corrected chi connectivity index (χ1v) is 4.24. The van der Waals surface area contributed by atoms with Gasteiger partial charge in [-0.1, -0.05) is 17.7 Å². The fourth-order valence-corrected chi connectivity index (χ4v) is 1.84. The van der Waals surface area contributed by atoms with Crippen LogP contribution in [0.15, 0.2) is 12.1 Å². The molecule has 0 aliphatic carbocycles. The quantitative estimate of drug-likeness (QED) is 0.671. The van der Waals surface area contributed by atoms with Crippen molar-refractivity contribution in [2.24, 2.45) is 0 Å². The number of aliphatic hydroxyl groups excluding tert-OH is 1. The molecule has 0 radical (unpaired) electrons. The third kappa shape index (κ3) is 1.64. The van der Waals surface area contributed by atoms with Crippen molar-refractivity contribution in [1.82, 2.24) is 0 Å². The third-order valence-corrected chi connectivity index (χ3v) is 2.10. The molecular weight excluding hydrogens is 168 g/mol. The van der Waals surface area contributed by atoms with Gasteiger partial charge < -0.3 is 5.11 Å². The summed E-state index contributed by atoms with van der Waals surface area (Å²) in [5.41, 5.74) is 4.08. The molecular formula is C10H12OS. The molecule has 0 aliphatic heterocycles. The van der Waals surface area contributed by atoms with Crippen LogP contribution in [0.1, 0.15) is 22.3 Å². The number of hydrogen-bond donors (Lipinski definition) is 1. The van der Waals surface area contributed by atoms with Crippen molar-refractivity contribution in [3.63, 3.8) is 0 Å². The van der Waals surface area contributed by atoms with Crippen molar-refractivity contribution >= 4 is 17.3 Å². The Kier molecular flexibility index (Phi) is 2.48. The minimum absolute atomic E-state index is 0.00926. The molecule has 0 atom stereocenters. The Labute approximate surface area is 78.0 Å². The van der Waals surface area contributed by atoms with Gasteiger partial charge >= 0.3 is 0 Å². The van der Waals surface area contributed by atoms with E-state index in [4.69, 9.17) is 12.2 Å². The molecule has 0 fully saturated rings. The molecule has 0 heterocycles. The summed E-state index contributed by atoms with van der Waals surface area (Å²) in [6.45, 7) is 5.94. The molecule has 0 aliphatic rings. The van der Waals surface area contributed by atoms with Crippen molar-refractivity contribution in [3.8, 4) is 0 Å². The Hall–Kier alpha value is -0.890. The summed E-state index contributed by atoms with van der Waals surface area (Å²) in [4.78, 5) is 0. The highest BCUT2D eigenvalue weighted by molar-refractivity contribution is 7.80. The Morgan fingerprint density at radius 3 is 1.92 bits per heavy atom. The van der Waals surface area contributed by atoms with Crippen molar-refractivity contribution in [3.05, 3.63) is 34.4 Å². The first kappa shape index (κ1) is 9.20. The summed E-state index contributed by atoms with van der Waals surface area (Å²) >= 11 is 4.74. The minimum Gasteiger partial charge on any atom is -0.499 e. The van der Waals surface area contributed by atoms with E-state index in [0.717, 1.165) is 16.7 Å². The van der Waals surface area contributed by atoms with E-state index >= 15 is 0 Å². The van der Waals surface area contributed by atoms with Crippen molar-refractivity contribution in [1.29, 1.82) is 0 Å². The molecule has 0 unspecified atom stereocenters. The minimum atomic E-state index is -0.00926. The first-order chi connectivity index (χ1) is 5.52. The number of benzene rings is 1. The van der Waals surface area contributed by atoms with Crippen molar-refractivity contribution in [2.45, 2.75) is 20.8 Å². The van der Waals surface area contributed by atoms with E-state index in [1.807, 2.05) is 32.9 Å². The topological polar surface area (TPSA) is 20.2 Å². The highest BCUT2D eigenvalue weighted by Crippen LogP contribution is 2.16. The van der Waals surface area contributed by atoms with Gasteiger partial charge in [0.15, 0.2) is 5.05 Å². The molecule has 0 aromatic heterocycles. The third-order valence-electron chi connectivity index (χ3n) is 1.89. The van der Waals surface area contributed by atoms with E-state index in [-0.39, 0.29) is 5.05 Å². The lowest BCUT2D eigenvalue weighted by atomic mass is 10.0. The Morgan fingerprint density at radius 2 is 1.58 bits per heavy atom. The lowest BCUT2D eigenvalue weighted by Gasteiger charge is -2.07. The van der Waals surface area contributed by atoms with Crippen molar-refractivity contribution in [2.75, 3.05) is 0 Å². The van der Waals surface area contributed by atoms with E-state index in [1.54, 1.807) is 0 Å². The van der Waals surface area contributed by atoms with Gasteiger partial charge in [-0.15, -0.1) is 0 Å². The van der Waals surface area contributed by atoms with Gasteiger partial charge in [-0.25, -0.2) is 0 Å². The number of aliphatic hydroxyl groups is 1. The molecule has 0 amide bonds. The molecule has 0 saturated heterocycles. The highest BCUT2D eigenvalue weighted by atomic mass is 32.1. The van der Waals surface area contributed by atoms with Gasteiger partial charge in [0.05, 0.1) is 0 Å². The monoisotopic (exact) mass is 180 g/mol. The van der Waals surface area contributed by atoms with Crippen LogP contribution >= 0.6 is 12.2 Å². The predicted molar refractivity (Wildman–Crippen MR) is 55.0 cm³/mol. The zero-order valence-corrected chi connectivity index (χ0v) is 8.33. The lowest BCUT2D eigenvalue weighted by molar-refractivity contribution is 0.570. The summed E-state index contributed by atoms with van der Waals surface area (Å²) in [7, 11) is 0. The fourth-order valence-electron chi connectivity index (χ4n) is 1.52. The summed E-state index contributed by atoms with van der Waals surface area (Å²) in [5.74, 6) is 0. The van der Waals surface area contributed by atoms with E-state index in [2.05, 4.69) is 0 Å². The molecule has 1 nitrogen and oxygen atoms in total. The summed E-state index contributed by atoms with van der Waals surface area (Å²) in [6, 6.07) is 4.04. The van der Waals surface area contributed by atoms with Gasteiger partial charge in [0.2, 0.25) is 0 Å². The van der Waals surface area contributed by atoms with E-state index in [0.29, 0.717) is 0 Å². The standard InChI is InChI=1S/C10H12OS/c1-6-4-7(2)9(10(11)12)8(3)5-6/h4-5H,1-3H3,(H,11,12). The van der Waals surface area contributed by atoms with Gasteiger partial charge in [-0.3, -0.25) is 0 Å². The molecule has 0 spiro atoms. The highest BCUT2D eigenvalue weighted by Gasteiger charge is 2.06. The summed E-state index contributed by atoms with van der Waals surface area (Å²) < 4.78 is 0. The maximum Gasteiger partial charge on any atom is 0.189 e. The molecule has 2 heteroatoms. The Balaban J connectivity index is 3.38. The summed E-state index contributed by atoms with van der Waals surface area (Å²) in [6.07, 6.45) is 0. The fraction of sp³-hybridized carbons (Fsp3) is 0.300. The van der Waals surface area contributed by atoms with Gasteiger partial charge in [-0.05, 0) is 44.1 Å². The average Bonchev–Trinajstić information content (AvgIpc) is 1.82. The Bertz CT molecular complexity index is 306. The molecule has 1 rings (SSSR count). The number of thiocarbonyl (C=S) groups is 1. The zero-order chi connectivity index (χ0) is 9.30. The normalized spacial score (nSPS) is 9.92. The smallest absolute Gasteiger partial charge is 0.189 e. The van der Waals surface area contributed by atoms with E-state index in [1.165, 1.54) is 5.56 Å². The molecule has 0 bridgehead atoms. The predicted octanol–water partition coefficient (Wildman–Crippen LogP) is 2.85. The van der Waals surface area contributed by atoms with Gasteiger partial charge in [0.1, 0.15) is 0 Å². The molecule has 1 aromatic rings.